The molecule has 0 aliphatic heterocycles. The second-order valence-corrected chi connectivity index (χ2v) is 5.65. The molecule has 1 heterocycles. The third kappa shape index (κ3) is 3.13. The molecule has 0 saturated carbocycles. The highest BCUT2D eigenvalue weighted by Gasteiger charge is 2.10. The average Bonchev–Trinajstić information content (AvgIpc) is 2.91. The number of carboxylic acid groups (broad SMARTS) is 1. The van der Waals surface area contributed by atoms with Crippen LogP contribution in [0, 0.1) is 6.92 Å². The smallest absolute Gasteiger partial charge is 0.337 e. The van der Waals surface area contributed by atoms with Gasteiger partial charge in [0.1, 0.15) is 0 Å². The van der Waals surface area contributed by atoms with E-state index in [9.17, 15) is 9.90 Å². The number of fused-ring (bicyclic) bond motifs is 1. The molecule has 3 rings (SSSR count). The molecule has 23 heavy (non-hydrogen) atoms. The molecule has 0 spiro atoms. The van der Waals surface area contributed by atoms with Gasteiger partial charge in [-0.2, -0.15) is 0 Å². The first kappa shape index (κ1) is 15.0. The van der Waals surface area contributed by atoms with Crippen LogP contribution in [-0.2, 0) is 6.42 Å². The highest BCUT2D eigenvalue weighted by molar-refractivity contribution is 5.95. The van der Waals surface area contributed by atoms with Crippen molar-refractivity contribution in [2.75, 3.05) is 17.6 Å². The molecule has 118 valence electrons. The maximum absolute atomic E-state index is 11.3. The molecule has 0 fully saturated rings. The van der Waals surface area contributed by atoms with Crippen LogP contribution in [0.1, 0.15) is 21.5 Å². The number of benzene rings is 2. The Morgan fingerprint density at radius 1 is 1.26 bits per heavy atom. The van der Waals surface area contributed by atoms with Crippen LogP contribution in [0.4, 0.5) is 11.4 Å². The summed E-state index contributed by atoms with van der Waals surface area (Å²) in [6.07, 6.45) is 2.81. The summed E-state index contributed by atoms with van der Waals surface area (Å²) in [7, 11) is 0. The van der Waals surface area contributed by atoms with Crippen molar-refractivity contribution in [1.82, 2.24) is 4.98 Å². The molecule has 0 atom stereocenters. The fourth-order valence-electron chi connectivity index (χ4n) is 2.72. The number of nitrogens with one attached hydrogen (secondary N) is 2. The van der Waals surface area contributed by atoms with Crippen LogP contribution in [0.3, 0.4) is 0 Å². The van der Waals surface area contributed by atoms with E-state index >= 15 is 0 Å². The Kier molecular flexibility index (Phi) is 3.93. The van der Waals surface area contributed by atoms with Crippen molar-refractivity contribution in [2.24, 2.45) is 0 Å². The zero-order valence-electron chi connectivity index (χ0n) is 12.9. The standard InChI is InChI=1S/C18H19N3O2/c1-11-2-4-16-14(8-11)12(10-21-16)6-7-20-17-5-3-13(19)9-15(17)18(22)23/h2-5,8-10,20-21H,6-7,19H2,1H3,(H,22,23). The molecule has 1 aromatic heterocycles. The number of aryl methyl sites for hydroxylation is 1. The van der Waals surface area contributed by atoms with E-state index in [2.05, 4.69) is 35.4 Å². The minimum Gasteiger partial charge on any atom is -0.478 e. The van der Waals surface area contributed by atoms with Crippen LogP contribution >= 0.6 is 0 Å². The van der Waals surface area contributed by atoms with Crippen LogP contribution in [0.15, 0.2) is 42.6 Å². The number of anilines is 2. The first-order chi connectivity index (χ1) is 11.0. The number of rotatable bonds is 5. The molecule has 3 aromatic rings. The van der Waals surface area contributed by atoms with Gasteiger partial charge in [0, 0.05) is 35.0 Å². The Bertz CT molecular complexity index is 868. The topological polar surface area (TPSA) is 91.1 Å². The fraction of sp³-hybridized carbons (Fsp3) is 0.167. The molecule has 0 aliphatic rings. The number of hydrogen-bond donors (Lipinski definition) is 4. The predicted molar refractivity (Wildman–Crippen MR) is 93.0 cm³/mol. The summed E-state index contributed by atoms with van der Waals surface area (Å²) >= 11 is 0. The van der Waals surface area contributed by atoms with Crippen molar-refractivity contribution in [1.29, 1.82) is 0 Å². The van der Waals surface area contributed by atoms with E-state index < -0.39 is 5.97 Å². The zero-order valence-corrected chi connectivity index (χ0v) is 12.9. The molecule has 0 bridgehead atoms. The lowest BCUT2D eigenvalue weighted by molar-refractivity contribution is 0.0698. The van der Waals surface area contributed by atoms with Crippen LogP contribution < -0.4 is 11.1 Å². The summed E-state index contributed by atoms with van der Waals surface area (Å²) in [5.41, 5.74) is 10.4. The summed E-state index contributed by atoms with van der Waals surface area (Å²) in [6, 6.07) is 11.2. The van der Waals surface area contributed by atoms with E-state index in [1.165, 1.54) is 22.6 Å². The van der Waals surface area contributed by atoms with Gasteiger partial charge in [0.25, 0.3) is 0 Å². The predicted octanol–water partition coefficient (Wildman–Crippen LogP) is 3.41. The van der Waals surface area contributed by atoms with Crippen molar-refractivity contribution in [3.63, 3.8) is 0 Å². The monoisotopic (exact) mass is 309 g/mol. The second-order valence-electron chi connectivity index (χ2n) is 5.65. The number of H-pyrrole nitrogens is 1. The van der Waals surface area contributed by atoms with Gasteiger partial charge in [-0.1, -0.05) is 11.6 Å². The average molecular weight is 309 g/mol. The number of hydrogen-bond acceptors (Lipinski definition) is 3. The maximum Gasteiger partial charge on any atom is 0.337 e. The lowest BCUT2D eigenvalue weighted by Crippen LogP contribution is -2.10. The lowest BCUT2D eigenvalue weighted by Gasteiger charge is -2.10. The number of aromatic carboxylic acids is 1. The van der Waals surface area contributed by atoms with E-state index in [0.29, 0.717) is 17.9 Å². The van der Waals surface area contributed by atoms with Gasteiger partial charge in [-0.25, -0.2) is 4.79 Å². The van der Waals surface area contributed by atoms with Crippen molar-refractivity contribution in [3.8, 4) is 0 Å². The van der Waals surface area contributed by atoms with E-state index in [0.717, 1.165) is 11.9 Å². The van der Waals surface area contributed by atoms with Crippen molar-refractivity contribution in [3.05, 3.63) is 59.3 Å². The van der Waals surface area contributed by atoms with E-state index in [1.54, 1.807) is 12.1 Å². The van der Waals surface area contributed by atoms with Gasteiger partial charge in [0.15, 0.2) is 0 Å². The molecular weight excluding hydrogens is 290 g/mol. The van der Waals surface area contributed by atoms with Gasteiger partial charge in [-0.05, 0) is 49.2 Å². The third-order valence-corrected chi connectivity index (χ3v) is 3.91. The highest BCUT2D eigenvalue weighted by Crippen LogP contribution is 2.22. The number of carboxylic acids is 1. The van der Waals surface area contributed by atoms with Crippen LogP contribution in [-0.4, -0.2) is 22.6 Å². The van der Waals surface area contributed by atoms with Gasteiger partial charge in [-0.15, -0.1) is 0 Å². The third-order valence-electron chi connectivity index (χ3n) is 3.91. The molecule has 0 radical (unpaired) electrons. The number of nitrogen functional groups attached to an aromatic ring is 1. The van der Waals surface area contributed by atoms with Gasteiger partial charge in [0.05, 0.1) is 5.56 Å². The molecule has 0 unspecified atom stereocenters. The van der Waals surface area contributed by atoms with Gasteiger partial charge in [0.2, 0.25) is 0 Å². The Morgan fingerprint density at radius 3 is 2.87 bits per heavy atom. The largest absolute Gasteiger partial charge is 0.478 e. The molecule has 5 N–H and O–H groups in total. The second kappa shape index (κ2) is 6.04. The molecular formula is C18H19N3O2. The Balaban J connectivity index is 1.74. The van der Waals surface area contributed by atoms with Crippen molar-refractivity contribution >= 4 is 28.2 Å². The minimum absolute atomic E-state index is 0.194. The normalized spacial score (nSPS) is 10.8. The molecule has 5 nitrogen and oxygen atoms in total. The summed E-state index contributed by atoms with van der Waals surface area (Å²) in [5, 5.41) is 13.6. The van der Waals surface area contributed by atoms with Gasteiger partial charge < -0.3 is 21.1 Å². The van der Waals surface area contributed by atoms with Gasteiger partial charge in [-0.3, -0.25) is 0 Å². The molecule has 0 aliphatic carbocycles. The quantitative estimate of drug-likeness (QED) is 0.544. The Labute approximate surface area is 134 Å². The van der Waals surface area contributed by atoms with Crippen molar-refractivity contribution < 1.29 is 9.90 Å². The molecule has 0 saturated heterocycles. The summed E-state index contributed by atoms with van der Waals surface area (Å²) < 4.78 is 0. The van der Waals surface area contributed by atoms with Crippen LogP contribution in [0.5, 0.6) is 0 Å². The zero-order chi connectivity index (χ0) is 16.4. The van der Waals surface area contributed by atoms with E-state index in [4.69, 9.17) is 5.73 Å². The summed E-state index contributed by atoms with van der Waals surface area (Å²) in [6.45, 7) is 2.72. The first-order valence-corrected chi connectivity index (χ1v) is 7.48. The maximum atomic E-state index is 11.3. The summed E-state index contributed by atoms with van der Waals surface area (Å²) in [5.74, 6) is -0.984. The van der Waals surface area contributed by atoms with E-state index in [-0.39, 0.29) is 5.56 Å². The van der Waals surface area contributed by atoms with E-state index in [1.807, 2.05) is 6.20 Å². The van der Waals surface area contributed by atoms with Crippen LogP contribution in [0.2, 0.25) is 0 Å². The Hall–Kier alpha value is -2.95. The Morgan fingerprint density at radius 2 is 2.09 bits per heavy atom. The van der Waals surface area contributed by atoms with Crippen molar-refractivity contribution in [2.45, 2.75) is 13.3 Å². The SMILES string of the molecule is Cc1ccc2[nH]cc(CCNc3ccc(N)cc3C(=O)O)c2c1. The number of carbonyl (C=O) groups is 1. The van der Waals surface area contributed by atoms with Crippen LogP contribution in [0.25, 0.3) is 10.9 Å². The van der Waals surface area contributed by atoms with Gasteiger partial charge >= 0.3 is 5.97 Å². The highest BCUT2D eigenvalue weighted by atomic mass is 16.4. The lowest BCUT2D eigenvalue weighted by atomic mass is 10.1. The first-order valence-electron chi connectivity index (χ1n) is 7.48. The summed E-state index contributed by atoms with van der Waals surface area (Å²) in [4.78, 5) is 14.5. The minimum atomic E-state index is -0.984. The molecule has 5 heteroatoms. The number of nitrogens with two attached hydrogens (primary N) is 1. The molecule has 2 aromatic carbocycles. The number of aromatic amines is 1. The number of aromatic nitrogens is 1. The fourth-order valence-corrected chi connectivity index (χ4v) is 2.72. The molecule has 0 amide bonds.